The predicted octanol–water partition coefficient (Wildman–Crippen LogP) is 2.18. The Morgan fingerprint density at radius 2 is 2.04 bits per heavy atom. The third-order valence-electron chi connectivity index (χ3n) is 4.83. The number of ether oxygens (including phenoxy) is 1. The molecule has 0 radical (unpaired) electrons. The second-order valence-electron chi connectivity index (χ2n) is 6.57. The quantitative estimate of drug-likeness (QED) is 0.763. The Morgan fingerprint density at radius 1 is 1.26 bits per heavy atom. The molecule has 0 aliphatic carbocycles. The molecular weight excluding hydrogens is 380 g/mol. The summed E-state index contributed by atoms with van der Waals surface area (Å²) in [6.45, 7) is -1.11. The smallest absolute Gasteiger partial charge is 0.387 e. The van der Waals surface area contributed by atoms with Crippen molar-refractivity contribution in [2.45, 2.75) is 44.4 Å². The van der Waals surface area contributed by atoms with Crippen LogP contribution < -0.4 is 15.4 Å². The molecule has 9 heteroatoms. The van der Waals surface area contributed by atoms with Crippen molar-refractivity contribution in [2.75, 3.05) is 19.6 Å². The lowest BCUT2D eigenvalue weighted by Crippen LogP contribution is -2.48. The van der Waals surface area contributed by atoms with Gasteiger partial charge in [0, 0.05) is 19.1 Å². The van der Waals surface area contributed by atoms with Crippen LogP contribution in [0.3, 0.4) is 0 Å². The van der Waals surface area contributed by atoms with Gasteiger partial charge < -0.3 is 20.3 Å². The van der Waals surface area contributed by atoms with Crippen molar-refractivity contribution in [1.82, 2.24) is 15.5 Å². The van der Waals surface area contributed by atoms with Crippen molar-refractivity contribution in [3.8, 4) is 5.75 Å². The molecule has 2 heterocycles. The largest absolute Gasteiger partial charge is 0.434 e. The third-order valence-corrected chi connectivity index (χ3v) is 4.83. The zero-order valence-corrected chi connectivity index (χ0v) is 15.6. The molecule has 0 saturated carbocycles. The van der Waals surface area contributed by atoms with E-state index in [1.54, 1.807) is 6.07 Å². The summed E-state index contributed by atoms with van der Waals surface area (Å²) in [4.78, 5) is 26.8. The molecule has 2 aliphatic heterocycles. The number of nitrogens with zero attached hydrogens (tertiary/aromatic N) is 1. The van der Waals surface area contributed by atoms with Crippen LogP contribution in [0.4, 0.5) is 8.78 Å². The van der Waals surface area contributed by atoms with Crippen molar-refractivity contribution in [2.24, 2.45) is 0 Å². The number of benzene rings is 1. The average molecular weight is 404 g/mol. The highest BCUT2D eigenvalue weighted by atomic mass is 35.5. The Balaban J connectivity index is 0.00000261. The molecule has 3 rings (SSSR count). The minimum atomic E-state index is -3.01. The maximum absolute atomic E-state index is 12.8. The predicted molar refractivity (Wildman–Crippen MR) is 98.4 cm³/mol. The van der Waals surface area contributed by atoms with Crippen LogP contribution >= 0.6 is 12.4 Å². The first-order valence-electron chi connectivity index (χ1n) is 8.92. The molecule has 2 N–H and O–H groups in total. The van der Waals surface area contributed by atoms with Crippen LogP contribution in [0.25, 0.3) is 0 Å². The van der Waals surface area contributed by atoms with Crippen molar-refractivity contribution in [3.05, 3.63) is 29.8 Å². The van der Waals surface area contributed by atoms with E-state index in [-0.39, 0.29) is 35.7 Å². The number of nitrogens with one attached hydrogen (secondary N) is 2. The molecule has 2 atom stereocenters. The number of alkyl halides is 2. The van der Waals surface area contributed by atoms with Gasteiger partial charge in [-0.2, -0.15) is 8.78 Å². The fourth-order valence-corrected chi connectivity index (χ4v) is 3.55. The number of carbonyl (C=O) groups excluding carboxylic acids is 2. The summed E-state index contributed by atoms with van der Waals surface area (Å²) in [5.41, 5.74) is 0.0463. The summed E-state index contributed by atoms with van der Waals surface area (Å²) in [5.74, 6) is -0.830. The Kier molecular flexibility index (Phi) is 7.79. The van der Waals surface area contributed by atoms with Crippen molar-refractivity contribution in [3.63, 3.8) is 0 Å². The van der Waals surface area contributed by atoms with Gasteiger partial charge in [-0.3, -0.25) is 9.59 Å². The Bertz CT molecular complexity index is 656. The minimum Gasteiger partial charge on any atom is -0.434 e. The average Bonchev–Trinajstić information content (AvgIpc) is 3.30. The molecule has 0 spiro atoms. The zero-order valence-electron chi connectivity index (χ0n) is 14.8. The molecule has 6 nitrogen and oxygen atoms in total. The molecule has 2 saturated heterocycles. The molecule has 1 aromatic carbocycles. The normalized spacial score (nSPS) is 21.8. The fraction of sp³-hybridized carbons (Fsp3) is 0.556. The van der Waals surface area contributed by atoms with Crippen LogP contribution in [0.1, 0.15) is 36.0 Å². The molecule has 0 bridgehead atoms. The summed E-state index contributed by atoms with van der Waals surface area (Å²) >= 11 is 0. The molecule has 2 aliphatic rings. The van der Waals surface area contributed by atoms with Gasteiger partial charge in [0.05, 0.1) is 5.56 Å². The van der Waals surface area contributed by atoms with E-state index >= 15 is 0 Å². The second-order valence-corrected chi connectivity index (χ2v) is 6.57. The number of hydrogen-bond donors (Lipinski definition) is 2. The van der Waals surface area contributed by atoms with Gasteiger partial charge in [-0.15, -0.1) is 12.4 Å². The van der Waals surface area contributed by atoms with Gasteiger partial charge in [0.1, 0.15) is 11.8 Å². The molecular formula is C18H24ClF2N3O3. The first kappa shape index (κ1) is 21.4. The highest BCUT2D eigenvalue weighted by Gasteiger charge is 2.35. The van der Waals surface area contributed by atoms with Gasteiger partial charge in [-0.25, -0.2) is 0 Å². The number of hydrogen-bond acceptors (Lipinski definition) is 4. The number of likely N-dealkylation sites (tertiary alicyclic amines) is 1. The van der Waals surface area contributed by atoms with Crippen molar-refractivity contribution >= 4 is 24.2 Å². The highest BCUT2D eigenvalue weighted by molar-refractivity contribution is 6.00. The van der Waals surface area contributed by atoms with E-state index in [4.69, 9.17) is 0 Å². The highest BCUT2D eigenvalue weighted by Crippen LogP contribution is 2.26. The molecule has 150 valence electrons. The van der Waals surface area contributed by atoms with E-state index in [1.807, 2.05) is 0 Å². The van der Waals surface area contributed by atoms with E-state index in [2.05, 4.69) is 15.4 Å². The van der Waals surface area contributed by atoms with Gasteiger partial charge in [0.15, 0.2) is 0 Å². The van der Waals surface area contributed by atoms with Gasteiger partial charge in [0.25, 0.3) is 5.91 Å². The Hall–Kier alpha value is -1.93. The van der Waals surface area contributed by atoms with Crippen LogP contribution in [0, 0.1) is 0 Å². The number of rotatable bonds is 6. The monoisotopic (exact) mass is 403 g/mol. The SMILES string of the molecule is Cl.O=C(NCC1CCCN1)C1CCCN1C(=O)c1ccccc1OC(F)F. The maximum Gasteiger partial charge on any atom is 0.387 e. The maximum atomic E-state index is 12.8. The lowest BCUT2D eigenvalue weighted by molar-refractivity contribution is -0.124. The van der Waals surface area contributed by atoms with Gasteiger partial charge in [0.2, 0.25) is 5.91 Å². The molecule has 0 aromatic heterocycles. The van der Waals surface area contributed by atoms with E-state index in [9.17, 15) is 18.4 Å². The summed E-state index contributed by atoms with van der Waals surface area (Å²) in [7, 11) is 0. The van der Waals surface area contributed by atoms with Crippen LogP contribution in [0.15, 0.2) is 24.3 Å². The van der Waals surface area contributed by atoms with E-state index < -0.39 is 18.6 Å². The number of para-hydroxylation sites is 1. The van der Waals surface area contributed by atoms with Crippen LogP contribution in [-0.2, 0) is 4.79 Å². The molecule has 2 fully saturated rings. The summed E-state index contributed by atoms with van der Waals surface area (Å²) in [6, 6.07) is 5.57. The first-order chi connectivity index (χ1) is 12.6. The third kappa shape index (κ3) is 5.29. The van der Waals surface area contributed by atoms with Gasteiger partial charge in [-0.1, -0.05) is 12.1 Å². The molecule has 1 aromatic rings. The van der Waals surface area contributed by atoms with E-state index in [0.29, 0.717) is 25.9 Å². The molecule has 27 heavy (non-hydrogen) atoms. The van der Waals surface area contributed by atoms with Gasteiger partial charge >= 0.3 is 6.61 Å². The summed E-state index contributed by atoms with van der Waals surface area (Å²) < 4.78 is 29.6. The standard InChI is InChI=1S/C18H23F2N3O3.ClH/c19-18(20)26-15-8-2-1-6-13(15)17(25)23-10-4-7-14(23)16(24)22-11-12-5-3-9-21-12;/h1-2,6,8,12,14,18,21H,3-5,7,9-11H2,(H,22,24);1H. The lowest BCUT2D eigenvalue weighted by Gasteiger charge is -2.25. The van der Waals surface area contributed by atoms with Gasteiger partial charge in [-0.05, 0) is 44.4 Å². The van der Waals surface area contributed by atoms with E-state index in [1.165, 1.54) is 23.1 Å². The minimum absolute atomic E-state index is 0. The molecule has 2 unspecified atom stereocenters. The Morgan fingerprint density at radius 3 is 2.74 bits per heavy atom. The number of carbonyl (C=O) groups is 2. The van der Waals surface area contributed by atoms with Crippen LogP contribution in [-0.4, -0.2) is 55.0 Å². The van der Waals surface area contributed by atoms with Crippen LogP contribution in [0.5, 0.6) is 5.75 Å². The lowest BCUT2D eigenvalue weighted by atomic mass is 10.1. The fourth-order valence-electron chi connectivity index (χ4n) is 3.55. The number of halogens is 3. The first-order valence-corrected chi connectivity index (χ1v) is 8.92. The van der Waals surface area contributed by atoms with Crippen molar-refractivity contribution in [1.29, 1.82) is 0 Å². The zero-order chi connectivity index (χ0) is 18.5. The molecule has 2 amide bonds. The second kappa shape index (κ2) is 9.85. The summed E-state index contributed by atoms with van der Waals surface area (Å²) in [6.07, 6.45) is 3.37. The summed E-state index contributed by atoms with van der Waals surface area (Å²) in [5, 5.41) is 6.21. The Labute approximate surface area is 163 Å². The topological polar surface area (TPSA) is 70.7 Å². The van der Waals surface area contributed by atoms with Crippen molar-refractivity contribution < 1.29 is 23.1 Å². The number of amides is 2. The van der Waals surface area contributed by atoms with E-state index in [0.717, 1.165) is 19.4 Å². The van der Waals surface area contributed by atoms with Crippen LogP contribution in [0.2, 0.25) is 0 Å².